The summed E-state index contributed by atoms with van der Waals surface area (Å²) in [6.07, 6.45) is 9.82. The average molecular weight is 374 g/mol. The molecule has 1 aromatic heterocycles. The van der Waals surface area contributed by atoms with Gasteiger partial charge in [-0.15, -0.1) is 0 Å². The number of hydrogen-bond donors (Lipinski definition) is 1. The van der Waals surface area contributed by atoms with Crippen molar-refractivity contribution in [1.29, 1.82) is 0 Å². The van der Waals surface area contributed by atoms with Crippen molar-refractivity contribution in [3.8, 4) is 0 Å². The lowest BCUT2D eigenvalue weighted by molar-refractivity contribution is 0.0954. The van der Waals surface area contributed by atoms with Crippen LogP contribution in [0.2, 0.25) is 0 Å². The minimum atomic E-state index is -0.0551. The quantitative estimate of drug-likeness (QED) is 0.576. The molecule has 144 valence electrons. The smallest absolute Gasteiger partial charge is 0.251 e. The molecular formula is C24H26N2O2. The lowest BCUT2D eigenvalue weighted by atomic mass is 9.97. The van der Waals surface area contributed by atoms with Crippen LogP contribution in [0.5, 0.6) is 0 Å². The Morgan fingerprint density at radius 3 is 2.75 bits per heavy atom. The van der Waals surface area contributed by atoms with Gasteiger partial charge < -0.3 is 9.73 Å². The molecule has 0 radical (unpaired) electrons. The van der Waals surface area contributed by atoms with Gasteiger partial charge in [-0.25, -0.2) is 4.98 Å². The summed E-state index contributed by atoms with van der Waals surface area (Å²) in [4.78, 5) is 17.0. The molecule has 2 aromatic carbocycles. The summed E-state index contributed by atoms with van der Waals surface area (Å²) < 4.78 is 5.88. The van der Waals surface area contributed by atoms with E-state index in [1.54, 1.807) is 6.07 Å². The predicted octanol–water partition coefficient (Wildman–Crippen LogP) is 5.23. The van der Waals surface area contributed by atoms with Crippen molar-refractivity contribution in [3.05, 3.63) is 77.2 Å². The first-order chi connectivity index (χ1) is 13.8. The van der Waals surface area contributed by atoms with E-state index in [4.69, 9.17) is 4.42 Å². The zero-order valence-electron chi connectivity index (χ0n) is 16.1. The Kier molecular flexibility index (Phi) is 5.86. The van der Waals surface area contributed by atoms with Crippen LogP contribution in [0.1, 0.15) is 53.9 Å². The van der Waals surface area contributed by atoms with E-state index in [9.17, 15) is 4.79 Å². The Bertz CT molecular complexity index is 973. The molecule has 0 saturated carbocycles. The molecule has 0 saturated heterocycles. The summed E-state index contributed by atoms with van der Waals surface area (Å²) >= 11 is 0. The van der Waals surface area contributed by atoms with Gasteiger partial charge in [0, 0.05) is 18.5 Å². The fraction of sp³-hybridized carbons (Fsp3) is 0.333. The lowest BCUT2D eigenvalue weighted by Crippen LogP contribution is -2.24. The molecule has 0 atom stereocenters. The van der Waals surface area contributed by atoms with E-state index >= 15 is 0 Å². The number of nitrogens with zero attached hydrogens (tertiary/aromatic N) is 1. The topological polar surface area (TPSA) is 55.1 Å². The van der Waals surface area contributed by atoms with Crippen LogP contribution in [0.15, 0.2) is 64.6 Å². The molecule has 4 nitrogen and oxygen atoms in total. The van der Waals surface area contributed by atoms with Gasteiger partial charge in [-0.1, -0.05) is 42.0 Å². The van der Waals surface area contributed by atoms with Gasteiger partial charge >= 0.3 is 0 Å². The second-order valence-electron chi connectivity index (χ2n) is 7.39. The highest BCUT2D eigenvalue weighted by Crippen LogP contribution is 2.20. The highest BCUT2D eigenvalue weighted by Gasteiger charge is 2.11. The second kappa shape index (κ2) is 8.87. The number of carbonyl (C=O) groups excluding carboxylic acids is 1. The number of oxazole rings is 1. The van der Waals surface area contributed by atoms with Crippen LogP contribution in [-0.4, -0.2) is 17.4 Å². The van der Waals surface area contributed by atoms with Crippen molar-refractivity contribution in [2.24, 2.45) is 0 Å². The first kappa shape index (κ1) is 18.5. The van der Waals surface area contributed by atoms with Crippen LogP contribution in [0.3, 0.4) is 0 Å². The molecule has 4 rings (SSSR count). The molecule has 1 aliphatic rings. The number of amides is 1. The van der Waals surface area contributed by atoms with Gasteiger partial charge in [0.2, 0.25) is 0 Å². The number of hydrogen-bond acceptors (Lipinski definition) is 3. The first-order valence-electron chi connectivity index (χ1n) is 10.2. The van der Waals surface area contributed by atoms with Crippen molar-refractivity contribution in [2.45, 2.75) is 44.9 Å². The van der Waals surface area contributed by atoms with Gasteiger partial charge in [-0.3, -0.25) is 4.79 Å². The first-order valence-corrected chi connectivity index (χ1v) is 10.2. The SMILES string of the molecule is O=C(NCCC1=CCCCC1)c1ccc2nc(CCc3ccccc3)oc2c1. The van der Waals surface area contributed by atoms with E-state index in [2.05, 4.69) is 28.5 Å². The standard InChI is InChI=1S/C24H26N2O2/c27-24(25-16-15-19-9-5-2-6-10-19)20-12-13-21-22(17-20)28-23(26-21)14-11-18-7-3-1-4-8-18/h1,3-4,7-9,12-13,17H,2,5-6,10-11,14-16H2,(H,25,27). The molecule has 0 bridgehead atoms. The van der Waals surface area contributed by atoms with Gasteiger partial charge in [0.05, 0.1) is 0 Å². The minimum absolute atomic E-state index is 0.0551. The van der Waals surface area contributed by atoms with Crippen LogP contribution < -0.4 is 5.32 Å². The summed E-state index contributed by atoms with van der Waals surface area (Å²) in [6, 6.07) is 15.8. The number of benzene rings is 2. The number of fused-ring (bicyclic) bond motifs is 1. The number of carbonyl (C=O) groups is 1. The van der Waals surface area contributed by atoms with Gasteiger partial charge in [-0.2, -0.15) is 0 Å². The van der Waals surface area contributed by atoms with Crippen LogP contribution in [0, 0.1) is 0 Å². The van der Waals surface area contributed by atoms with Gasteiger partial charge in [-0.05, 0) is 62.3 Å². The zero-order chi connectivity index (χ0) is 19.2. The third-order valence-corrected chi connectivity index (χ3v) is 5.28. The van der Waals surface area contributed by atoms with Crippen LogP contribution in [0.25, 0.3) is 11.1 Å². The molecular weight excluding hydrogens is 348 g/mol. The Morgan fingerprint density at radius 2 is 1.93 bits per heavy atom. The number of nitrogens with one attached hydrogen (secondary N) is 1. The van der Waals surface area contributed by atoms with Gasteiger partial charge in [0.25, 0.3) is 5.91 Å². The number of allylic oxidation sites excluding steroid dienone is 1. The highest BCUT2D eigenvalue weighted by molar-refractivity contribution is 5.97. The van der Waals surface area contributed by atoms with Crippen molar-refractivity contribution in [2.75, 3.05) is 6.54 Å². The Hall–Kier alpha value is -2.88. The lowest BCUT2D eigenvalue weighted by Gasteiger charge is -2.12. The Balaban J connectivity index is 1.35. The molecule has 28 heavy (non-hydrogen) atoms. The van der Waals surface area contributed by atoms with E-state index in [1.807, 2.05) is 30.3 Å². The third-order valence-electron chi connectivity index (χ3n) is 5.28. The minimum Gasteiger partial charge on any atom is -0.441 e. The highest BCUT2D eigenvalue weighted by atomic mass is 16.3. The van der Waals surface area contributed by atoms with E-state index in [0.717, 1.165) is 24.8 Å². The predicted molar refractivity (Wildman–Crippen MR) is 111 cm³/mol. The summed E-state index contributed by atoms with van der Waals surface area (Å²) in [5, 5.41) is 3.02. The Labute approximate surface area is 165 Å². The second-order valence-corrected chi connectivity index (χ2v) is 7.39. The third kappa shape index (κ3) is 4.69. The van der Waals surface area contributed by atoms with Crippen LogP contribution >= 0.6 is 0 Å². The molecule has 0 aliphatic heterocycles. The van der Waals surface area contributed by atoms with Crippen molar-refractivity contribution >= 4 is 17.0 Å². The number of aryl methyl sites for hydroxylation is 2. The van der Waals surface area contributed by atoms with E-state index in [-0.39, 0.29) is 5.91 Å². The summed E-state index contributed by atoms with van der Waals surface area (Å²) in [5.74, 6) is 0.654. The van der Waals surface area contributed by atoms with Crippen LogP contribution in [0.4, 0.5) is 0 Å². The number of aromatic nitrogens is 1. The molecule has 1 amide bonds. The molecule has 1 aliphatic carbocycles. The monoisotopic (exact) mass is 374 g/mol. The van der Waals surface area contributed by atoms with E-state index in [1.165, 1.54) is 36.8 Å². The summed E-state index contributed by atoms with van der Waals surface area (Å²) in [6.45, 7) is 0.682. The Morgan fingerprint density at radius 1 is 1.04 bits per heavy atom. The maximum atomic E-state index is 12.5. The fourth-order valence-electron chi connectivity index (χ4n) is 3.69. The maximum absolute atomic E-state index is 12.5. The average Bonchev–Trinajstić information content (AvgIpc) is 3.16. The van der Waals surface area contributed by atoms with Crippen LogP contribution in [-0.2, 0) is 12.8 Å². The molecule has 0 spiro atoms. The van der Waals surface area contributed by atoms with E-state index < -0.39 is 0 Å². The van der Waals surface area contributed by atoms with Gasteiger partial charge in [0.1, 0.15) is 5.52 Å². The fourth-order valence-corrected chi connectivity index (χ4v) is 3.69. The normalized spacial score (nSPS) is 14.1. The molecule has 0 unspecified atom stereocenters. The zero-order valence-corrected chi connectivity index (χ0v) is 16.1. The van der Waals surface area contributed by atoms with E-state index in [0.29, 0.717) is 23.6 Å². The molecule has 1 heterocycles. The molecule has 4 heteroatoms. The molecule has 0 fully saturated rings. The number of rotatable bonds is 7. The van der Waals surface area contributed by atoms with Crippen molar-refractivity contribution in [3.63, 3.8) is 0 Å². The van der Waals surface area contributed by atoms with Crippen molar-refractivity contribution in [1.82, 2.24) is 10.3 Å². The molecule has 1 N–H and O–H groups in total. The molecule has 3 aromatic rings. The summed E-state index contributed by atoms with van der Waals surface area (Å²) in [7, 11) is 0. The maximum Gasteiger partial charge on any atom is 0.251 e. The van der Waals surface area contributed by atoms with Crippen molar-refractivity contribution < 1.29 is 9.21 Å². The largest absolute Gasteiger partial charge is 0.441 e. The summed E-state index contributed by atoms with van der Waals surface area (Å²) in [5.41, 5.74) is 4.83. The van der Waals surface area contributed by atoms with Gasteiger partial charge in [0.15, 0.2) is 11.5 Å².